The lowest BCUT2D eigenvalue weighted by molar-refractivity contribution is -0.384. The molecule has 7 heteroatoms. The lowest BCUT2D eigenvalue weighted by Crippen LogP contribution is -2.49. The van der Waals surface area contributed by atoms with E-state index < -0.39 is 10.5 Å². The molecule has 21 heavy (non-hydrogen) atoms. The summed E-state index contributed by atoms with van der Waals surface area (Å²) in [6, 6.07) is 1.52. The Kier molecular flexibility index (Phi) is 3.44. The number of hydrogen-bond donors (Lipinski definition) is 2. The van der Waals surface area contributed by atoms with Crippen LogP contribution in [0.4, 0.5) is 5.69 Å². The molecule has 1 heterocycles. The van der Waals surface area contributed by atoms with Crippen LogP contribution in [-0.4, -0.2) is 32.6 Å². The van der Waals surface area contributed by atoms with Crippen molar-refractivity contribution in [2.45, 2.75) is 50.1 Å². The van der Waals surface area contributed by atoms with E-state index in [-0.39, 0.29) is 24.2 Å². The van der Waals surface area contributed by atoms with Crippen molar-refractivity contribution >= 4 is 11.6 Å². The van der Waals surface area contributed by atoms with E-state index >= 15 is 0 Å². The van der Waals surface area contributed by atoms with Crippen LogP contribution in [0.1, 0.15) is 55.1 Å². The fourth-order valence-electron chi connectivity index (χ4n) is 3.08. The number of aliphatic hydroxyl groups excluding tert-OH is 1. The van der Waals surface area contributed by atoms with Gasteiger partial charge in [0.05, 0.1) is 23.3 Å². The molecule has 3 rings (SSSR count). The van der Waals surface area contributed by atoms with E-state index in [4.69, 9.17) is 0 Å². The van der Waals surface area contributed by atoms with Crippen molar-refractivity contribution in [2.24, 2.45) is 0 Å². The molecule has 0 aromatic carbocycles. The van der Waals surface area contributed by atoms with Crippen molar-refractivity contribution in [3.8, 4) is 0 Å². The van der Waals surface area contributed by atoms with Crippen LogP contribution < -0.4 is 5.32 Å². The molecule has 0 radical (unpaired) electrons. The first-order valence-corrected chi connectivity index (χ1v) is 7.34. The van der Waals surface area contributed by atoms with Crippen molar-refractivity contribution in [1.82, 2.24) is 9.88 Å². The van der Waals surface area contributed by atoms with Crippen molar-refractivity contribution in [3.05, 3.63) is 28.1 Å². The number of carbonyl (C=O) groups excluding carboxylic acids is 1. The topological polar surface area (TPSA) is 97.4 Å². The number of nitro groups is 1. The van der Waals surface area contributed by atoms with Gasteiger partial charge in [0.25, 0.3) is 11.6 Å². The number of aliphatic hydroxyl groups is 1. The second-order valence-corrected chi connectivity index (χ2v) is 6.08. The van der Waals surface area contributed by atoms with E-state index in [1.807, 2.05) is 0 Å². The number of aromatic nitrogens is 1. The average molecular weight is 293 g/mol. The normalized spacial score (nSPS) is 20.4. The summed E-state index contributed by atoms with van der Waals surface area (Å²) >= 11 is 0. The molecule has 0 saturated heterocycles. The molecular weight excluding hydrogens is 274 g/mol. The summed E-state index contributed by atoms with van der Waals surface area (Å²) in [7, 11) is 0. The molecular formula is C14H19N3O4. The van der Waals surface area contributed by atoms with E-state index in [0.717, 1.165) is 38.5 Å². The van der Waals surface area contributed by atoms with Gasteiger partial charge < -0.3 is 15.0 Å². The maximum Gasteiger partial charge on any atom is 0.287 e. The smallest absolute Gasteiger partial charge is 0.287 e. The van der Waals surface area contributed by atoms with Gasteiger partial charge in [0.2, 0.25) is 0 Å². The van der Waals surface area contributed by atoms with Gasteiger partial charge in [0.15, 0.2) is 0 Å². The Labute approximate surface area is 122 Å². The van der Waals surface area contributed by atoms with Gasteiger partial charge in [-0.1, -0.05) is 12.8 Å². The fraction of sp³-hybridized carbons (Fsp3) is 0.643. The third-order valence-electron chi connectivity index (χ3n) is 4.46. The number of nitrogens with zero attached hydrogens (tertiary/aromatic N) is 2. The minimum Gasteiger partial charge on any atom is -0.394 e. The SMILES string of the molecule is O=C(NC1(CO)CCCC1)c1cc([N+](=O)[O-])cn1C1CC1. The zero-order valence-corrected chi connectivity index (χ0v) is 11.7. The highest BCUT2D eigenvalue weighted by molar-refractivity contribution is 5.94. The Bertz CT molecular complexity index is 571. The van der Waals surface area contributed by atoms with E-state index in [1.54, 1.807) is 4.57 Å². The summed E-state index contributed by atoms with van der Waals surface area (Å²) in [5.41, 5.74) is -0.301. The zero-order chi connectivity index (χ0) is 15.0. The maximum absolute atomic E-state index is 12.5. The Balaban J connectivity index is 1.85. The third kappa shape index (κ3) is 2.65. The highest BCUT2D eigenvalue weighted by Gasteiger charge is 2.37. The first kappa shape index (κ1) is 14.1. The summed E-state index contributed by atoms with van der Waals surface area (Å²) in [6.07, 6.45) is 6.78. The predicted octanol–water partition coefficient (Wildman–Crippen LogP) is 1.77. The summed E-state index contributed by atoms with van der Waals surface area (Å²) in [5, 5.41) is 23.4. The van der Waals surface area contributed by atoms with Crippen LogP contribution >= 0.6 is 0 Å². The highest BCUT2D eigenvalue weighted by atomic mass is 16.6. The van der Waals surface area contributed by atoms with Gasteiger partial charge in [0, 0.05) is 12.1 Å². The van der Waals surface area contributed by atoms with Crippen LogP contribution in [0.2, 0.25) is 0 Å². The molecule has 2 fully saturated rings. The quantitative estimate of drug-likeness (QED) is 0.638. The Morgan fingerprint density at radius 2 is 2.14 bits per heavy atom. The molecule has 114 valence electrons. The van der Waals surface area contributed by atoms with Gasteiger partial charge in [-0.2, -0.15) is 0 Å². The molecule has 1 amide bonds. The summed E-state index contributed by atoms with van der Waals surface area (Å²) in [6.45, 7) is -0.0923. The van der Waals surface area contributed by atoms with E-state index in [2.05, 4.69) is 5.32 Å². The number of rotatable bonds is 5. The number of nitrogens with one attached hydrogen (secondary N) is 1. The van der Waals surface area contributed by atoms with E-state index in [1.165, 1.54) is 12.3 Å². The van der Waals surface area contributed by atoms with E-state index in [9.17, 15) is 20.0 Å². The molecule has 2 aliphatic carbocycles. The lowest BCUT2D eigenvalue weighted by atomic mass is 9.99. The van der Waals surface area contributed by atoms with Gasteiger partial charge in [-0.15, -0.1) is 0 Å². The Hall–Kier alpha value is -1.89. The molecule has 7 nitrogen and oxygen atoms in total. The molecule has 0 unspecified atom stereocenters. The fourth-order valence-corrected chi connectivity index (χ4v) is 3.08. The van der Waals surface area contributed by atoms with Crippen LogP contribution in [0.15, 0.2) is 12.3 Å². The van der Waals surface area contributed by atoms with Crippen LogP contribution in [0.25, 0.3) is 0 Å². The third-order valence-corrected chi connectivity index (χ3v) is 4.46. The number of hydrogen-bond acceptors (Lipinski definition) is 4. The van der Waals surface area contributed by atoms with Crippen LogP contribution in [0, 0.1) is 10.1 Å². The van der Waals surface area contributed by atoms with Crippen LogP contribution in [-0.2, 0) is 0 Å². The minimum absolute atomic E-state index is 0.0588. The van der Waals surface area contributed by atoms with Crippen molar-refractivity contribution in [1.29, 1.82) is 0 Å². The molecule has 0 spiro atoms. The molecule has 0 aliphatic heterocycles. The molecule has 2 N–H and O–H groups in total. The Morgan fingerprint density at radius 1 is 1.48 bits per heavy atom. The number of carbonyl (C=O) groups is 1. The highest BCUT2D eigenvalue weighted by Crippen LogP contribution is 2.38. The maximum atomic E-state index is 12.5. The first-order chi connectivity index (χ1) is 10.0. The predicted molar refractivity (Wildman–Crippen MR) is 75.1 cm³/mol. The van der Waals surface area contributed by atoms with Crippen LogP contribution in [0.3, 0.4) is 0 Å². The molecule has 1 aromatic rings. The molecule has 1 aromatic heterocycles. The zero-order valence-electron chi connectivity index (χ0n) is 11.7. The monoisotopic (exact) mass is 293 g/mol. The van der Waals surface area contributed by atoms with Gasteiger partial charge in [0.1, 0.15) is 5.69 Å². The van der Waals surface area contributed by atoms with Crippen molar-refractivity contribution in [2.75, 3.05) is 6.61 Å². The Morgan fingerprint density at radius 3 is 2.67 bits per heavy atom. The largest absolute Gasteiger partial charge is 0.394 e. The molecule has 0 bridgehead atoms. The number of amides is 1. The molecule has 0 atom stereocenters. The van der Waals surface area contributed by atoms with Gasteiger partial charge in [-0.05, 0) is 25.7 Å². The van der Waals surface area contributed by atoms with Gasteiger partial charge >= 0.3 is 0 Å². The van der Waals surface area contributed by atoms with Gasteiger partial charge in [-0.3, -0.25) is 14.9 Å². The summed E-state index contributed by atoms with van der Waals surface area (Å²) in [5.74, 6) is -0.328. The molecule has 2 aliphatic rings. The average Bonchev–Trinajstić information content (AvgIpc) is 3.03. The van der Waals surface area contributed by atoms with Crippen LogP contribution in [0.5, 0.6) is 0 Å². The minimum atomic E-state index is -0.565. The second kappa shape index (κ2) is 5.14. The standard InChI is InChI=1S/C14H19N3O4/c18-9-14(5-1-2-6-14)15-13(19)12-7-11(17(20)21)8-16(12)10-3-4-10/h7-8,10,18H,1-6,9H2,(H,15,19). The first-order valence-electron chi connectivity index (χ1n) is 7.34. The lowest BCUT2D eigenvalue weighted by Gasteiger charge is -2.28. The van der Waals surface area contributed by atoms with E-state index in [0.29, 0.717) is 5.69 Å². The summed E-state index contributed by atoms with van der Waals surface area (Å²) < 4.78 is 1.70. The molecule has 2 saturated carbocycles. The van der Waals surface area contributed by atoms with Gasteiger partial charge in [-0.25, -0.2) is 0 Å². The summed E-state index contributed by atoms with van der Waals surface area (Å²) in [4.78, 5) is 22.9. The van der Waals surface area contributed by atoms with Crippen molar-refractivity contribution < 1.29 is 14.8 Å². The second-order valence-electron chi connectivity index (χ2n) is 6.08. The van der Waals surface area contributed by atoms with Crippen molar-refractivity contribution in [3.63, 3.8) is 0 Å².